The maximum atomic E-state index is 13.4. The van der Waals surface area contributed by atoms with Crippen molar-refractivity contribution in [2.24, 2.45) is 5.92 Å². The molecule has 5 unspecified atom stereocenters. The molecule has 5 rings (SSSR count). The van der Waals surface area contributed by atoms with Gasteiger partial charge in [0.1, 0.15) is 58.9 Å². The average Bonchev–Trinajstić information content (AvgIpc) is 3.74. The minimum absolute atomic E-state index is 0.248. The van der Waals surface area contributed by atoms with Crippen LogP contribution in [0.5, 0.6) is 0 Å². The molecule has 6 N–H and O–H groups in total. The fourth-order valence-corrected chi connectivity index (χ4v) is 6.43. The van der Waals surface area contributed by atoms with Crippen LogP contribution in [0.25, 0.3) is 22.8 Å². The Morgan fingerprint density at radius 3 is 2.02 bits per heavy atom. The maximum absolute atomic E-state index is 13.4. The van der Waals surface area contributed by atoms with Crippen LogP contribution in [0.1, 0.15) is 25.9 Å². The molecule has 46 heavy (non-hydrogen) atoms. The molecule has 5 heterocycles. The van der Waals surface area contributed by atoms with Crippen molar-refractivity contribution >= 4 is 11.8 Å². The summed E-state index contributed by atoms with van der Waals surface area (Å²) in [6.45, 7) is 2.20. The highest BCUT2D eigenvalue weighted by molar-refractivity contribution is 8.00. The molecule has 0 spiro atoms. The number of nitrogens with zero attached hydrogens (tertiary/aromatic N) is 8. The molecule has 248 valence electrons. The van der Waals surface area contributed by atoms with Gasteiger partial charge in [-0.3, -0.25) is 9.97 Å². The lowest BCUT2D eigenvalue weighted by molar-refractivity contribution is -0.178. The first-order valence-corrected chi connectivity index (χ1v) is 15.3. The minimum atomic E-state index is -1.43. The van der Waals surface area contributed by atoms with Crippen LogP contribution < -0.4 is 0 Å². The standard InChI is InChI=1S/C28H34F2N8O7S/c1-13(11-39)24(41)22(37-9-19(33-35-37)17-5-3-15(29)7-31-17)25(42)14(2)46-28-27(44)23(26(43)21(12-40)45-28)38-10-20(34-36-38)18-6-4-16(30)8-32-18/h3-10,13-14,21-28,39-44H,11-12H2,1-2H3/t13-,14?,21?,22?,23?,24?,25+,26+,27+,28+/m1/s1. The molecule has 4 aromatic rings. The van der Waals surface area contributed by atoms with Crippen LogP contribution in [-0.2, 0) is 4.74 Å². The Bertz CT molecular complexity index is 1570. The molecule has 1 aliphatic rings. The highest BCUT2D eigenvalue weighted by Gasteiger charge is 2.48. The lowest BCUT2D eigenvalue weighted by Gasteiger charge is -2.43. The largest absolute Gasteiger partial charge is 0.396 e. The zero-order chi connectivity index (χ0) is 33.1. The summed E-state index contributed by atoms with van der Waals surface area (Å²) in [5.41, 5.74) is -0.0129. The van der Waals surface area contributed by atoms with E-state index in [1.807, 2.05) is 0 Å². The Labute approximate surface area is 265 Å². The van der Waals surface area contributed by atoms with Crippen LogP contribution in [0.2, 0.25) is 0 Å². The van der Waals surface area contributed by atoms with E-state index in [2.05, 4.69) is 30.6 Å². The van der Waals surface area contributed by atoms with E-state index in [4.69, 9.17) is 4.74 Å². The SMILES string of the molecule is CC(S[C@@H]1OC(CO)[C@H](O)C(n2cc(-c3ccc(F)cn3)nn2)[C@@H]1O)[C@H](O)C(C(O)[C@H](C)CO)n1cc(-c2ccc(F)cn2)nn1. The molecule has 1 fully saturated rings. The Kier molecular flexibility index (Phi) is 10.7. The predicted molar refractivity (Wildman–Crippen MR) is 158 cm³/mol. The Balaban J connectivity index is 1.38. The van der Waals surface area contributed by atoms with Crippen LogP contribution in [0.15, 0.2) is 49.1 Å². The van der Waals surface area contributed by atoms with Gasteiger partial charge in [-0.15, -0.1) is 22.0 Å². The summed E-state index contributed by atoms with van der Waals surface area (Å²) in [4.78, 5) is 7.95. The van der Waals surface area contributed by atoms with Gasteiger partial charge in [-0.25, -0.2) is 18.1 Å². The van der Waals surface area contributed by atoms with Gasteiger partial charge in [0.25, 0.3) is 0 Å². The average molecular weight is 665 g/mol. The highest BCUT2D eigenvalue weighted by Crippen LogP contribution is 2.39. The molecule has 10 atom stereocenters. The predicted octanol–water partition coefficient (Wildman–Crippen LogP) is -0.0349. The van der Waals surface area contributed by atoms with Gasteiger partial charge in [0.05, 0.1) is 55.0 Å². The zero-order valence-electron chi connectivity index (χ0n) is 24.6. The number of hydrogen-bond donors (Lipinski definition) is 6. The van der Waals surface area contributed by atoms with E-state index in [1.165, 1.54) is 46.0 Å². The molecular weight excluding hydrogens is 630 g/mol. The van der Waals surface area contributed by atoms with E-state index < -0.39 is 84.1 Å². The lowest BCUT2D eigenvalue weighted by atomic mass is 9.93. The topological polar surface area (TPSA) is 218 Å². The second-order valence-electron chi connectivity index (χ2n) is 11.1. The van der Waals surface area contributed by atoms with Gasteiger partial charge in [0, 0.05) is 17.8 Å². The summed E-state index contributed by atoms with van der Waals surface area (Å²) < 4.78 is 35.0. The number of aliphatic hydroxyl groups is 6. The number of ether oxygens (including phenoxy) is 1. The van der Waals surface area contributed by atoms with Crippen LogP contribution in [0.4, 0.5) is 8.78 Å². The summed E-state index contributed by atoms with van der Waals surface area (Å²) in [5.74, 6) is -1.77. The number of thioether (sulfide) groups is 1. The molecule has 0 aromatic carbocycles. The van der Waals surface area contributed by atoms with Crippen molar-refractivity contribution in [2.75, 3.05) is 13.2 Å². The van der Waals surface area contributed by atoms with E-state index >= 15 is 0 Å². The van der Waals surface area contributed by atoms with Gasteiger partial charge in [-0.2, -0.15) is 0 Å². The molecule has 1 aliphatic heterocycles. The fraction of sp³-hybridized carbons (Fsp3) is 0.500. The Morgan fingerprint density at radius 2 is 1.46 bits per heavy atom. The molecule has 4 aromatic heterocycles. The molecule has 0 saturated carbocycles. The summed E-state index contributed by atoms with van der Waals surface area (Å²) >= 11 is 0.976. The fourth-order valence-electron chi connectivity index (χ4n) is 5.16. The quantitative estimate of drug-likeness (QED) is 0.117. The molecular formula is C28H34F2N8O7S. The molecule has 0 radical (unpaired) electrons. The first kappa shape index (κ1) is 33.9. The van der Waals surface area contributed by atoms with E-state index in [-0.39, 0.29) is 11.4 Å². The summed E-state index contributed by atoms with van der Waals surface area (Å²) in [7, 11) is 0. The number of aliphatic hydroxyl groups excluding tert-OH is 6. The molecule has 18 heteroatoms. The zero-order valence-corrected chi connectivity index (χ0v) is 25.5. The Morgan fingerprint density at radius 1 is 0.848 bits per heavy atom. The van der Waals surface area contributed by atoms with Gasteiger partial charge in [-0.1, -0.05) is 24.3 Å². The van der Waals surface area contributed by atoms with Crippen LogP contribution in [0, 0.1) is 17.6 Å². The van der Waals surface area contributed by atoms with E-state index in [0.717, 1.165) is 24.2 Å². The van der Waals surface area contributed by atoms with Crippen molar-refractivity contribution in [3.8, 4) is 22.8 Å². The van der Waals surface area contributed by atoms with Gasteiger partial charge in [-0.05, 0) is 24.3 Å². The second-order valence-corrected chi connectivity index (χ2v) is 12.5. The first-order valence-electron chi connectivity index (χ1n) is 14.3. The number of rotatable bonds is 12. The molecule has 0 amide bonds. The van der Waals surface area contributed by atoms with Gasteiger partial charge in [0.15, 0.2) is 0 Å². The number of aromatic nitrogens is 8. The maximum Gasteiger partial charge on any atom is 0.141 e. The van der Waals surface area contributed by atoms with Crippen LogP contribution >= 0.6 is 11.8 Å². The number of hydrogen-bond acceptors (Lipinski definition) is 14. The lowest BCUT2D eigenvalue weighted by Crippen LogP contribution is -2.55. The molecule has 1 saturated heterocycles. The molecule has 0 aliphatic carbocycles. The smallest absolute Gasteiger partial charge is 0.141 e. The molecule has 0 bridgehead atoms. The number of halogens is 2. The van der Waals surface area contributed by atoms with Crippen LogP contribution in [0.3, 0.4) is 0 Å². The highest BCUT2D eigenvalue weighted by atomic mass is 32.2. The van der Waals surface area contributed by atoms with Crippen LogP contribution in [-0.4, -0.2) is 125 Å². The van der Waals surface area contributed by atoms with Crippen molar-refractivity contribution in [1.82, 2.24) is 40.0 Å². The third kappa shape index (κ3) is 7.08. The number of pyridine rings is 2. The van der Waals surface area contributed by atoms with E-state index in [9.17, 15) is 39.4 Å². The van der Waals surface area contributed by atoms with E-state index in [1.54, 1.807) is 13.8 Å². The molecule has 15 nitrogen and oxygen atoms in total. The third-order valence-electron chi connectivity index (χ3n) is 7.86. The summed E-state index contributed by atoms with van der Waals surface area (Å²) in [6, 6.07) is 2.91. The van der Waals surface area contributed by atoms with E-state index in [0.29, 0.717) is 11.4 Å². The van der Waals surface area contributed by atoms with Gasteiger partial charge >= 0.3 is 0 Å². The second kappa shape index (κ2) is 14.5. The first-order chi connectivity index (χ1) is 22.0. The van der Waals surface area contributed by atoms with Crippen molar-refractivity contribution in [2.45, 2.75) is 67.1 Å². The summed E-state index contributed by atoms with van der Waals surface area (Å²) in [5, 5.41) is 80.2. The third-order valence-corrected chi connectivity index (χ3v) is 9.23. The van der Waals surface area contributed by atoms with Gasteiger partial charge in [0.2, 0.25) is 0 Å². The van der Waals surface area contributed by atoms with Crippen molar-refractivity contribution in [3.05, 3.63) is 60.7 Å². The van der Waals surface area contributed by atoms with Gasteiger partial charge < -0.3 is 35.4 Å². The minimum Gasteiger partial charge on any atom is -0.396 e. The van der Waals surface area contributed by atoms with Crippen molar-refractivity contribution < 1.29 is 44.2 Å². The monoisotopic (exact) mass is 664 g/mol. The summed E-state index contributed by atoms with van der Waals surface area (Å²) in [6.07, 6.45) is -1.82. The van der Waals surface area contributed by atoms with Crippen molar-refractivity contribution in [1.29, 1.82) is 0 Å². The van der Waals surface area contributed by atoms with Crippen molar-refractivity contribution in [3.63, 3.8) is 0 Å². The Hall–Kier alpha value is -3.49. The normalized spacial score (nSPS) is 25.1.